The summed E-state index contributed by atoms with van der Waals surface area (Å²) in [5.41, 5.74) is 1.16. The molecule has 0 aromatic carbocycles. The highest BCUT2D eigenvalue weighted by atomic mass is 16.5. The number of pyridine rings is 1. The second-order valence-corrected chi connectivity index (χ2v) is 10.1. The molecule has 9 heteroatoms. The van der Waals surface area contributed by atoms with Crippen LogP contribution in [-0.4, -0.2) is 67.9 Å². The van der Waals surface area contributed by atoms with Gasteiger partial charge in [-0.1, -0.05) is 20.8 Å². The van der Waals surface area contributed by atoms with Gasteiger partial charge in [-0.05, 0) is 43.9 Å². The van der Waals surface area contributed by atoms with E-state index in [1.54, 1.807) is 17.2 Å². The number of rotatable bonds is 5. The minimum Gasteiger partial charge on any atom is -0.474 e. The zero-order valence-electron chi connectivity index (χ0n) is 19.7. The second-order valence-electron chi connectivity index (χ2n) is 10.1. The van der Waals surface area contributed by atoms with E-state index in [0.717, 1.165) is 43.2 Å². The van der Waals surface area contributed by atoms with Crippen molar-refractivity contribution in [3.63, 3.8) is 0 Å². The van der Waals surface area contributed by atoms with Gasteiger partial charge in [-0.2, -0.15) is 4.52 Å². The summed E-state index contributed by atoms with van der Waals surface area (Å²) in [7, 11) is 1.85. The van der Waals surface area contributed by atoms with E-state index in [2.05, 4.69) is 40.9 Å². The van der Waals surface area contributed by atoms with Gasteiger partial charge in [0.05, 0.1) is 11.6 Å². The third-order valence-corrected chi connectivity index (χ3v) is 6.55. The van der Waals surface area contributed by atoms with Gasteiger partial charge in [0.15, 0.2) is 11.5 Å². The van der Waals surface area contributed by atoms with E-state index in [-0.39, 0.29) is 23.5 Å². The first kappa shape index (κ1) is 21.6. The van der Waals surface area contributed by atoms with Crippen LogP contribution in [-0.2, 0) is 5.41 Å². The van der Waals surface area contributed by atoms with Crippen molar-refractivity contribution in [3.8, 4) is 5.88 Å². The predicted molar refractivity (Wildman–Crippen MR) is 125 cm³/mol. The van der Waals surface area contributed by atoms with Gasteiger partial charge < -0.3 is 14.5 Å². The smallest absolute Gasteiger partial charge is 0.255 e. The van der Waals surface area contributed by atoms with Crippen LogP contribution >= 0.6 is 0 Å². The van der Waals surface area contributed by atoms with Crippen molar-refractivity contribution >= 4 is 17.4 Å². The third-order valence-electron chi connectivity index (χ3n) is 6.55. The van der Waals surface area contributed by atoms with Gasteiger partial charge in [0.1, 0.15) is 11.9 Å². The summed E-state index contributed by atoms with van der Waals surface area (Å²) >= 11 is 0. The minimum atomic E-state index is -0.152. The van der Waals surface area contributed by atoms with Gasteiger partial charge in [0.25, 0.3) is 5.91 Å². The maximum absolute atomic E-state index is 13.0. The number of nitrogens with zero attached hydrogens (tertiary/aromatic N) is 7. The zero-order valence-corrected chi connectivity index (χ0v) is 19.7. The fourth-order valence-corrected chi connectivity index (χ4v) is 4.43. The average Bonchev–Trinajstić information content (AvgIpc) is 3.42. The van der Waals surface area contributed by atoms with Crippen molar-refractivity contribution in [2.75, 3.05) is 25.0 Å². The number of amides is 1. The van der Waals surface area contributed by atoms with Gasteiger partial charge in [0, 0.05) is 37.8 Å². The summed E-state index contributed by atoms with van der Waals surface area (Å²) in [6.45, 7) is 7.74. The minimum absolute atomic E-state index is 0.0307. The topological polar surface area (TPSA) is 88.8 Å². The molecule has 33 heavy (non-hydrogen) atoms. The van der Waals surface area contributed by atoms with Crippen LogP contribution in [0, 0.1) is 0 Å². The summed E-state index contributed by atoms with van der Waals surface area (Å²) in [6, 6.07) is 7.63. The lowest BCUT2D eigenvalue weighted by Crippen LogP contribution is -2.60. The molecule has 1 saturated heterocycles. The van der Waals surface area contributed by atoms with Crippen molar-refractivity contribution < 1.29 is 9.53 Å². The molecule has 2 fully saturated rings. The Morgan fingerprint density at radius 3 is 2.52 bits per heavy atom. The van der Waals surface area contributed by atoms with Crippen LogP contribution in [0.15, 0.2) is 30.5 Å². The standard InChI is InChI=1S/C24H31N7O2/c1-24(2,3)23-27-26-19-10-11-20(28-31(19)23)30-14-17(15-30)29(4)22(32)16-9-12-21(25-13-16)33-18-7-5-6-8-18/h9-13,17-18H,5-8,14-15H2,1-4H3. The fourth-order valence-electron chi connectivity index (χ4n) is 4.43. The van der Waals surface area contributed by atoms with Gasteiger partial charge in [-0.15, -0.1) is 15.3 Å². The van der Waals surface area contributed by atoms with Crippen LogP contribution in [0.1, 0.15) is 62.6 Å². The zero-order chi connectivity index (χ0) is 23.2. The highest BCUT2D eigenvalue weighted by Gasteiger charge is 2.34. The molecule has 4 heterocycles. The first-order valence-corrected chi connectivity index (χ1v) is 11.7. The van der Waals surface area contributed by atoms with Crippen LogP contribution in [0.3, 0.4) is 0 Å². The Labute approximate surface area is 193 Å². The van der Waals surface area contributed by atoms with Crippen molar-refractivity contribution in [2.24, 2.45) is 0 Å². The lowest BCUT2D eigenvalue weighted by atomic mass is 9.96. The van der Waals surface area contributed by atoms with Gasteiger partial charge in [0.2, 0.25) is 5.88 Å². The number of carbonyl (C=O) groups is 1. The summed E-state index contributed by atoms with van der Waals surface area (Å²) in [6.07, 6.45) is 6.47. The third kappa shape index (κ3) is 4.24. The molecule has 0 unspecified atom stereocenters. The number of hydrogen-bond acceptors (Lipinski definition) is 7. The van der Waals surface area contributed by atoms with Crippen molar-refractivity contribution in [1.29, 1.82) is 0 Å². The second kappa shape index (κ2) is 8.28. The number of anilines is 1. The van der Waals surface area contributed by atoms with E-state index >= 15 is 0 Å². The van der Waals surface area contributed by atoms with Gasteiger partial charge in [-0.25, -0.2) is 4.98 Å². The van der Waals surface area contributed by atoms with Crippen molar-refractivity contribution in [3.05, 3.63) is 41.9 Å². The average molecular weight is 450 g/mol. The number of fused-ring (bicyclic) bond motifs is 1. The van der Waals surface area contributed by atoms with Crippen molar-refractivity contribution in [1.82, 2.24) is 29.7 Å². The summed E-state index contributed by atoms with van der Waals surface area (Å²) in [5, 5.41) is 13.3. The number of ether oxygens (including phenoxy) is 1. The lowest BCUT2D eigenvalue weighted by Gasteiger charge is -2.44. The summed E-state index contributed by atoms with van der Waals surface area (Å²) < 4.78 is 7.72. The largest absolute Gasteiger partial charge is 0.474 e. The van der Waals surface area contributed by atoms with Crippen LogP contribution in [0.25, 0.3) is 5.65 Å². The molecule has 0 bridgehead atoms. The molecule has 174 valence electrons. The molecule has 1 amide bonds. The first-order chi connectivity index (χ1) is 15.8. The lowest BCUT2D eigenvalue weighted by molar-refractivity contribution is 0.0704. The van der Waals surface area contributed by atoms with Crippen LogP contribution in [0.2, 0.25) is 0 Å². The number of hydrogen-bond donors (Lipinski definition) is 0. The van der Waals surface area contributed by atoms with E-state index in [4.69, 9.17) is 9.84 Å². The maximum atomic E-state index is 13.0. The Kier molecular flexibility index (Phi) is 5.42. The molecule has 1 saturated carbocycles. The molecule has 0 radical (unpaired) electrons. The molecule has 2 aliphatic rings. The Hall–Kier alpha value is -3.23. The fraction of sp³-hybridized carbons (Fsp3) is 0.542. The maximum Gasteiger partial charge on any atom is 0.255 e. The molecule has 0 N–H and O–H groups in total. The molecule has 3 aromatic heterocycles. The number of likely N-dealkylation sites (N-methyl/N-ethyl adjacent to an activating group) is 1. The Bertz CT molecular complexity index is 1140. The van der Waals surface area contributed by atoms with Crippen molar-refractivity contribution in [2.45, 2.75) is 64.0 Å². The predicted octanol–water partition coefficient (Wildman–Crippen LogP) is 3.10. The van der Waals surface area contributed by atoms with E-state index in [1.807, 2.05) is 29.8 Å². The van der Waals surface area contributed by atoms with E-state index in [0.29, 0.717) is 11.4 Å². The highest BCUT2D eigenvalue weighted by Crippen LogP contribution is 2.26. The molecular weight excluding hydrogens is 418 g/mol. The Morgan fingerprint density at radius 2 is 1.85 bits per heavy atom. The van der Waals surface area contributed by atoms with Gasteiger partial charge >= 0.3 is 0 Å². The first-order valence-electron chi connectivity index (χ1n) is 11.7. The monoisotopic (exact) mass is 449 g/mol. The van der Waals surface area contributed by atoms with Crippen LogP contribution in [0.4, 0.5) is 5.82 Å². The SMILES string of the molecule is CN(C(=O)c1ccc(OC2CCCC2)nc1)C1CN(c2ccc3nnc(C(C)(C)C)n3n2)C1. The Balaban J connectivity index is 1.21. The number of aromatic nitrogens is 5. The van der Waals surface area contributed by atoms with Crippen LogP contribution in [0.5, 0.6) is 5.88 Å². The van der Waals surface area contributed by atoms with E-state index < -0.39 is 0 Å². The normalized spacial score (nSPS) is 17.4. The van der Waals surface area contributed by atoms with Gasteiger partial charge in [-0.3, -0.25) is 4.79 Å². The summed E-state index contributed by atoms with van der Waals surface area (Å²) in [5.74, 6) is 2.26. The molecule has 3 aromatic rings. The van der Waals surface area contributed by atoms with E-state index in [9.17, 15) is 4.79 Å². The molecule has 0 spiro atoms. The summed E-state index contributed by atoms with van der Waals surface area (Å²) in [4.78, 5) is 21.3. The molecule has 1 aliphatic carbocycles. The highest BCUT2D eigenvalue weighted by molar-refractivity contribution is 5.94. The quantitative estimate of drug-likeness (QED) is 0.591. The molecule has 9 nitrogen and oxygen atoms in total. The van der Waals surface area contributed by atoms with Crippen LogP contribution < -0.4 is 9.64 Å². The molecule has 1 aliphatic heterocycles. The molecule has 0 atom stereocenters. The Morgan fingerprint density at radius 1 is 1.09 bits per heavy atom. The molecule has 5 rings (SSSR count). The molecular formula is C24H31N7O2. The number of carbonyl (C=O) groups excluding carboxylic acids is 1. The van der Waals surface area contributed by atoms with E-state index in [1.165, 1.54) is 12.8 Å².